The fraction of sp³-hybridized carbons (Fsp3) is 0.750. The standard InChI is InChI=1S/C16H24N4O4/c1-11-8-20-9-12(6-13(20)10-23-11)17-16(21)14-7-15(18-24-14)19-2-4-22-5-3-19/h7,11-13H,2-6,8-10H2,1H3,(H,17,21)/t11-,12+,13-/m0/s1. The molecule has 3 aliphatic rings. The van der Waals surface area contributed by atoms with Crippen molar-refractivity contribution in [3.05, 3.63) is 11.8 Å². The number of nitrogens with one attached hydrogen (secondary N) is 1. The van der Waals surface area contributed by atoms with Crippen LogP contribution in [0, 0.1) is 0 Å². The quantitative estimate of drug-likeness (QED) is 0.839. The van der Waals surface area contributed by atoms with Crippen LogP contribution in [0.2, 0.25) is 0 Å². The minimum absolute atomic E-state index is 0.133. The summed E-state index contributed by atoms with van der Waals surface area (Å²) in [6.07, 6.45) is 1.18. The summed E-state index contributed by atoms with van der Waals surface area (Å²) < 4.78 is 16.3. The molecule has 0 bridgehead atoms. The van der Waals surface area contributed by atoms with E-state index < -0.39 is 0 Å². The second-order valence-corrected chi connectivity index (χ2v) is 6.81. The molecule has 3 fully saturated rings. The summed E-state index contributed by atoms with van der Waals surface area (Å²) in [5.41, 5.74) is 0. The molecule has 4 rings (SSSR count). The van der Waals surface area contributed by atoms with E-state index in [1.807, 2.05) is 0 Å². The van der Waals surface area contributed by atoms with E-state index in [0.717, 1.165) is 39.2 Å². The molecule has 132 valence electrons. The minimum Gasteiger partial charge on any atom is -0.378 e. The second-order valence-electron chi connectivity index (χ2n) is 6.81. The number of ether oxygens (including phenoxy) is 2. The minimum atomic E-state index is -0.194. The van der Waals surface area contributed by atoms with Crippen LogP contribution in [0.3, 0.4) is 0 Å². The van der Waals surface area contributed by atoms with Gasteiger partial charge >= 0.3 is 0 Å². The highest BCUT2D eigenvalue weighted by Crippen LogP contribution is 2.23. The van der Waals surface area contributed by atoms with Crippen LogP contribution in [0.4, 0.5) is 5.82 Å². The van der Waals surface area contributed by atoms with Gasteiger partial charge < -0.3 is 24.2 Å². The van der Waals surface area contributed by atoms with Crippen molar-refractivity contribution in [1.82, 2.24) is 15.4 Å². The first-order chi connectivity index (χ1) is 11.7. The van der Waals surface area contributed by atoms with E-state index in [0.29, 0.717) is 25.1 Å². The number of anilines is 1. The van der Waals surface area contributed by atoms with E-state index in [-0.39, 0.29) is 23.8 Å². The van der Waals surface area contributed by atoms with Crippen LogP contribution in [0.5, 0.6) is 0 Å². The molecule has 0 saturated carbocycles. The fourth-order valence-corrected chi connectivity index (χ4v) is 3.71. The van der Waals surface area contributed by atoms with Crippen molar-refractivity contribution in [3.63, 3.8) is 0 Å². The number of amides is 1. The first-order valence-corrected chi connectivity index (χ1v) is 8.65. The van der Waals surface area contributed by atoms with E-state index in [1.54, 1.807) is 6.07 Å². The van der Waals surface area contributed by atoms with Crippen molar-refractivity contribution in [2.75, 3.05) is 50.9 Å². The molecule has 3 aliphatic heterocycles. The largest absolute Gasteiger partial charge is 0.378 e. The van der Waals surface area contributed by atoms with Crippen LogP contribution in [0.25, 0.3) is 0 Å². The van der Waals surface area contributed by atoms with Crippen LogP contribution in [-0.4, -0.2) is 80.2 Å². The number of rotatable bonds is 3. The number of aromatic nitrogens is 1. The molecule has 1 amide bonds. The van der Waals surface area contributed by atoms with Gasteiger partial charge in [0.1, 0.15) is 0 Å². The van der Waals surface area contributed by atoms with E-state index in [1.165, 1.54) is 0 Å². The van der Waals surface area contributed by atoms with Gasteiger partial charge in [0.15, 0.2) is 5.82 Å². The number of nitrogens with zero attached hydrogens (tertiary/aromatic N) is 3. The van der Waals surface area contributed by atoms with Gasteiger partial charge in [-0.2, -0.15) is 0 Å². The molecule has 0 aliphatic carbocycles. The Bertz CT molecular complexity index is 586. The molecule has 1 aromatic heterocycles. The first-order valence-electron chi connectivity index (χ1n) is 8.65. The van der Waals surface area contributed by atoms with Gasteiger partial charge in [-0.25, -0.2) is 0 Å². The van der Waals surface area contributed by atoms with Crippen LogP contribution >= 0.6 is 0 Å². The number of hydrogen-bond acceptors (Lipinski definition) is 7. The summed E-state index contributed by atoms with van der Waals surface area (Å²) in [5, 5.41) is 7.09. The molecule has 0 unspecified atom stereocenters. The summed E-state index contributed by atoms with van der Waals surface area (Å²) in [4.78, 5) is 16.9. The second kappa shape index (κ2) is 6.70. The summed E-state index contributed by atoms with van der Waals surface area (Å²) in [5.74, 6) is 0.779. The molecule has 1 aromatic rings. The van der Waals surface area contributed by atoms with Crippen LogP contribution in [0.15, 0.2) is 10.6 Å². The molecule has 8 nitrogen and oxygen atoms in total. The smallest absolute Gasteiger partial charge is 0.290 e. The molecule has 24 heavy (non-hydrogen) atoms. The number of fused-ring (bicyclic) bond motifs is 1. The van der Waals surface area contributed by atoms with Crippen molar-refractivity contribution in [2.45, 2.75) is 31.5 Å². The molecule has 4 heterocycles. The average Bonchev–Trinajstić information content (AvgIpc) is 3.22. The molecule has 3 saturated heterocycles. The predicted molar refractivity (Wildman–Crippen MR) is 86.2 cm³/mol. The summed E-state index contributed by atoms with van der Waals surface area (Å²) in [6.45, 7) is 7.52. The monoisotopic (exact) mass is 336 g/mol. The maximum atomic E-state index is 12.4. The third kappa shape index (κ3) is 3.26. The summed E-state index contributed by atoms with van der Waals surface area (Å²) >= 11 is 0. The maximum absolute atomic E-state index is 12.4. The Hall–Kier alpha value is -1.64. The molecule has 8 heteroatoms. The number of hydrogen-bond donors (Lipinski definition) is 1. The van der Waals surface area contributed by atoms with Gasteiger partial charge in [0.05, 0.1) is 25.9 Å². The van der Waals surface area contributed by atoms with Crippen molar-refractivity contribution in [1.29, 1.82) is 0 Å². The lowest BCUT2D eigenvalue weighted by Gasteiger charge is -2.33. The molecule has 0 aromatic carbocycles. The summed E-state index contributed by atoms with van der Waals surface area (Å²) in [6, 6.07) is 2.26. The van der Waals surface area contributed by atoms with Gasteiger partial charge in [0.25, 0.3) is 5.91 Å². The normalized spacial score (nSPS) is 31.0. The number of morpholine rings is 2. The van der Waals surface area contributed by atoms with Gasteiger partial charge in [0.2, 0.25) is 5.76 Å². The Balaban J connectivity index is 1.34. The molecular weight excluding hydrogens is 312 g/mol. The Morgan fingerprint density at radius 2 is 2.17 bits per heavy atom. The maximum Gasteiger partial charge on any atom is 0.290 e. The Morgan fingerprint density at radius 1 is 1.33 bits per heavy atom. The summed E-state index contributed by atoms with van der Waals surface area (Å²) in [7, 11) is 0. The lowest BCUT2D eigenvalue weighted by Crippen LogP contribution is -2.45. The number of carbonyl (C=O) groups excluding carboxylic acids is 1. The van der Waals surface area contributed by atoms with Crippen molar-refractivity contribution in [2.24, 2.45) is 0 Å². The van der Waals surface area contributed by atoms with Crippen molar-refractivity contribution < 1.29 is 18.8 Å². The SMILES string of the molecule is C[C@H]1CN2C[C@H](NC(=O)c3cc(N4CCOCC4)no3)C[C@H]2CO1. The van der Waals surface area contributed by atoms with Crippen molar-refractivity contribution in [3.8, 4) is 0 Å². The van der Waals surface area contributed by atoms with Gasteiger partial charge in [-0.05, 0) is 13.3 Å². The van der Waals surface area contributed by atoms with E-state index in [2.05, 4.69) is 27.2 Å². The molecular formula is C16H24N4O4. The van der Waals surface area contributed by atoms with Gasteiger partial charge in [0, 0.05) is 44.3 Å². The zero-order valence-corrected chi connectivity index (χ0v) is 13.9. The zero-order chi connectivity index (χ0) is 16.5. The Morgan fingerprint density at radius 3 is 3.00 bits per heavy atom. The topological polar surface area (TPSA) is 80.1 Å². The molecule has 0 spiro atoms. The Kier molecular flexibility index (Phi) is 4.43. The van der Waals surface area contributed by atoms with Gasteiger partial charge in [-0.1, -0.05) is 5.16 Å². The zero-order valence-electron chi connectivity index (χ0n) is 13.9. The predicted octanol–water partition coefficient (Wildman–Crippen LogP) is 0.103. The highest BCUT2D eigenvalue weighted by molar-refractivity contribution is 5.92. The molecule has 1 N–H and O–H groups in total. The first kappa shape index (κ1) is 15.9. The van der Waals surface area contributed by atoms with Gasteiger partial charge in [-0.3, -0.25) is 9.69 Å². The van der Waals surface area contributed by atoms with Crippen LogP contribution in [-0.2, 0) is 9.47 Å². The molecule has 3 atom stereocenters. The molecule has 0 radical (unpaired) electrons. The number of carbonyl (C=O) groups is 1. The third-order valence-corrected chi connectivity index (χ3v) is 4.98. The highest BCUT2D eigenvalue weighted by Gasteiger charge is 2.37. The highest BCUT2D eigenvalue weighted by atomic mass is 16.5. The van der Waals surface area contributed by atoms with Crippen LogP contribution < -0.4 is 10.2 Å². The van der Waals surface area contributed by atoms with Crippen molar-refractivity contribution >= 4 is 11.7 Å². The Labute approximate surface area is 141 Å². The lowest BCUT2D eigenvalue weighted by atomic mass is 10.1. The average molecular weight is 336 g/mol. The fourth-order valence-electron chi connectivity index (χ4n) is 3.71. The third-order valence-electron chi connectivity index (χ3n) is 4.98. The van der Waals surface area contributed by atoms with E-state index in [9.17, 15) is 4.79 Å². The lowest BCUT2D eigenvalue weighted by molar-refractivity contribution is -0.0390. The van der Waals surface area contributed by atoms with Gasteiger partial charge in [-0.15, -0.1) is 0 Å². The van der Waals surface area contributed by atoms with E-state index >= 15 is 0 Å². The van der Waals surface area contributed by atoms with Crippen LogP contribution in [0.1, 0.15) is 23.9 Å². The van der Waals surface area contributed by atoms with E-state index in [4.69, 9.17) is 14.0 Å².